The summed E-state index contributed by atoms with van der Waals surface area (Å²) in [5.74, 6) is 0. The second-order valence-corrected chi connectivity index (χ2v) is 4.48. The number of nitrogens with two attached hydrogens (primary N) is 1. The number of nitrogens with one attached hydrogen (secondary N) is 1. The van der Waals surface area contributed by atoms with Crippen LogP contribution in [-0.4, -0.2) is 12.1 Å². The molecule has 0 saturated carbocycles. The quantitative estimate of drug-likeness (QED) is 0.739. The number of para-hydroxylation sites is 1. The monoisotopic (exact) mass is 220 g/mol. The highest BCUT2D eigenvalue weighted by Crippen LogP contribution is 2.24. The van der Waals surface area contributed by atoms with Crippen LogP contribution in [0.3, 0.4) is 0 Å². The Labute approximate surface area is 99.2 Å². The fourth-order valence-electron chi connectivity index (χ4n) is 2.29. The van der Waals surface area contributed by atoms with Gasteiger partial charge in [-0.2, -0.15) is 0 Å². The maximum Gasteiger partial charge on any atom is 0.0495 e. The Morgan fingerprint density at radius 2 is 1.62 bits per heavy atom. The molecule has 0 amide bonds. The van der Waals surface area contributed by atoms with Gasteiger partial charge in [-0.1, -0.05) is 44.9 Å². The summed E-state index contributed by atoms with van der Waals surface area (Å²) in [4.78, 5) is 0. The molecule has 0 heterocycles. The number of hydrogen-bond donors (Lipinski definition) is 2. The lowest BCUT2D eigenvalue weighted by molar-refractivity contribution is 0.401. The van der Waals surface area contributed by atoms with E-state index < -0.39 is 0 Å². The number of benzene rings is 1. The Bertz CT molecular complexity index is 276. The summed E-state index contributed by atoms with van der Waals surface area (Å²) in [6.07, 6.45) is 4.59. The maximum absolute atomic E-state index is 5.97. The number of anilines is 1. The van der Waals surface area contributed by atoms with Gasteiger partial charge in [-0.05, 0) is 25.0 Å². The van der Waals surface area contributed by atoms with Gasteiger partial charge in [0.2, 0.25) is 0 Å². The number of rotatable bonds is 7. The molecule has 90 valence electrons. The van der Waals surface area contributed by atoms with E-state index in [2.05, 4.69) is 43.4 Å². The molecule has 2 nitrogen and oxygen atoms in total. The van der Waals surface area contributed by atoms with Gasteiger partial charge >= 0.3 is 0 Å². The first-order chi connectivity index (χ1) is 7.76. The molecule has 0 aromatic heterocycles. The van der Waals surface area contributed by atoms with E-state index in [0.717, 1.165) is 25.7 Å². The van der Waals surface area contributed by atoms with Crippen molar-refractivity contribution in [2.24, 2.45) is 5.73 Å². The van der Waals surface area contributed by atoms with Gasteiger partial charge in [0.1, 0.15) is 0 Å². The van der Waals surface area contributed by atoms with Crippen LogP contribution in [0, 0.1) is 0 Å². The third-order valence-corrected chi connectivity index (χ3v) is 3.03. The van der Waals surface area contributed by atoms with Crippen LogP contribution in [0.25, 0.3) is 0 Å². The highest BCUT2D eigenvalue weighted by molar-refractivity contribution is 5.45. The Kier molecular flexibility index (Phi) is 5.33. The molecule has 0 saturated heterocycles. The third-order valence-electron chi connectivity index (χ3n) is 3.03. The molecule has 0 fully saturated rings. The van der Waals surface area contributed by atoms with Gasteiger partial charge in [0.25, 0.3) is 0 Å². The second kappa shape index (κ2) is 6.54. The number of hydrogen-bond acceptors (Lipinski definition) is 2. The van der Waals surface area contributed by atoms with Crippen molar-refractivity contribution in [1.82, 2.24) is 0 Å². The molecule has 2 heteroatoms. The molecule has 1 aromatic rings. The molecule has 0 spiro atoms. The summed E-state index contributed by atoms with van der Waals surface area (Å²) in [6, 6.07) is 10.4. The van der Waals surface area contributed by atoms with Crippen molar-refractivity contribution in [1.29, 1.82) is 0 Å². The first-order valence-corrected chi connectivity index (χ1v) is 6.29. The van der Waals surface area contributed by atoms with Gasteiger partial charge < -0.3 is 11.1 Å². The summed E-state index contributed by atoms with van der Waals surface area (Å²) in [6.45, 7) is 5.13. The van der Waals surface area contributed by atoms with E-state index in [1.165, 1.54) is 5.69 Å². The minimum atomic E-state index is 0.0743. The van der Waals surface area contributed by atoms with Crippen molar-refractivity contribution < 1.29 is 0 Å². The lowest BCUT2D eigenvalue weighted by atomic mass is 9.88. The van der Waals surface area contributed by atoms with Crippen LogP contribution in [0.1, 0.15) is 39.5 Å². The van der Waals surface area contributed by atoms with E-state index in [9.17, 15) is 0 Å². The van der Waals surface area contributed by atoms with E-state index in [0.29, 0.717) is 6.54 Å². The van der Waals surface area contributed by atoms with Crippen LogP contribution in [0.4, 0.5) is 5.69 Å². The van der Waals surface area contributed by atoms with Crippen molar-refractivity contribution in [3.8, 4) is 0 Å². The smallest absolute Gasteiger partial charge is 0.0495 e. The van der Waals surface area contributed by atoms with Gasteiger partial charge in [0.15, 0.2) is 0 Å². The van der Waals surface area contributed by atoms with Gasteiger partial charge in [-0.3, -0.25) is 0 Å². The maximum atomic E-state index is 5.97. The van der Waals surface area contributed by atoms with Crippen LogP contribution in [0.15, 0.2) is 30.3 Å². The van der Waals surface area contributed by atoms with Gasteiger partial charge in [0, 0.05) is 17.8 Å². The molecule has 16 heavy (non-hydrogen) atoms. The minimum Gasteiger partial charge on any atom is -0.378 e. The summed E-state index contributed by atoms with van der Waals surface area (Å²) in [7, 11) is 0. The Morgan fingerprint density at radius 1 is 1.06 bits per heavy atom. The summed E-state index contributed by atoms with van der Waals surface area (Å²) in [5, 5.41) is 3.62. The Morgan fingerprint density at radius 3 is 2.06 bits per heavy atom. The molecule has 0 bridgehead atoms. The lowest BCUT2D eigenvalue weighted by Gasteiger charge is -2.34. The van der Waals surface area contributed by atoms with E-state index in [4.69, 9.17) is 5.73 Å². The fraction of sp³-hybridized carbons (Fsp3) is 0.571. The molecular weight excluding hydrogens is 196 g/mol. The van der Waals surface area contributed by atoms with Crippen molar-refractivity contribution in [3.05, 3.63) is 30.3 Å². The fourth-order valence-corrected chi connectivity index (χ4v) is 2.29. The zero-order valence-corrected chi connectivity index (χ0v) is 10.5. The molecule has 0 unspecified atom stereocenters. The lowest BCUT2D eigenvalue weighted by Crippen LogP contribution is -2.45. The highest BCUT2D eigenvalue weighted by Gasteiger charge is 2.25. The molecule has 0 aliphatic heterocycles. The van der Waals surface area contributed by atoms with Crippen LogP contribution in [-0.2, 0) is 0 Å². The normalized spacial score (nSPS) is 11.4. The van der Waals surface area contributed by atoms with Crippen molar-refractivity contribution in [2.45, 2.75) is 45.1 Å². The molecule has 0 aliphatic carbocycles. The van der Waals surface area contributed by atoms with Crippen molar-refractivity contribution >= 4 is 5.69 Å². The molecule has 0 aliphatic rings. The SMILES string of the molecule is CCCC(CN)(CCC)Nc1ccccc1. The second-order valence-electron chi connectivity index (χ2n) is 4.48. The van der Waals surface area contributed by atoms with Crippen molar-refractivity contribution in [3.63, 3.8) is 0 Å². The minimum absolute atomic E-state index is 0.0743. The van der Waals surface area contributed by atoms with E-state index >= 15 is 0 Å². The average molecular weight is 220 g/mol. The Hall–Kier alpha value is -1.02. The highest BCUT2D eigenvalue weighted by atomic mass is 15.0. The van der Waals surface area contributed by atoms with Crippen LogP contribution >= 0.6 is 0 Å². The van der Waals surface area contributed by atoms with E-state index in [1.807, 2.05) is 6.07 Å². The predicted octanol–water partition coefficient (Wildman–Crippen LogP) is 3.40. The molecule has 1 rings (SSSR count). The van der Waals surface area contributed by atoms with Gasteiger partial charge in [-0.25, -0.2) is 0 Å². The van der Waals surface area contributed by atoms with E-state index in [-0.39, 0.29) is 5.54 Å². The summed E-state index contributed by atoms with van der Waals surface area (Å²) in [5.41, 5.74) is 7.22. The average Bonchev–Trinajstić information content (AvgIpc) is 2.31. The Balaban J connectivity index is 2.76. The molecule has 3 N–H and O–H groups in total. The van der Waals surface area contributed by atoms with Gasteiger partial charge in [0.05, 0.1) is 0 Å². The molecular formula is C14H24N2. The van der Waals surface area contributed by atoms with Gasteiger partial charge in [-0.15, -0.1) is 0 Å². The zero-order valence-electron chi connectivity index (χ0n) is 10.5. The predicted molar refractivity (Wildman–Crippen MR) is 71.7 cm³/mol. The molecule has 0 radical (unpaired) electrons. The van der Waals surface area contributed by atoms with Crippen molar-refractivity contribution in [2.75, 3.05) is 11.9 Å². The largest absolute Gasteiger partial charge is 0.378 e. The van der Waals surface area contributed by atoms with Crippen LogP contribution in [0.5, 0.6) is 0 Å². The van der Waals surface area contributed by atoms with E-state index in [1.54, 1.807) is 0 Å². The summed E-state index contributed by atoms with van der Waals surface area (Å²) < 4.78 is 0. The standard InChI is InChI=1S/C14H24N2/c1-3-10-14(12-15,11-4-2)16-13-8-6-5-7-9-13/h5-9,16H,3-4,10-12,15H2,1-2H3. The zero-order chi connectivity index (χ0) is 11.9. The first-order valence-electron chi connectivity index (χ1n) is 6.29. The first kappa shape index (κ1) is 13.0. The van der Waals surface area contributed by atoms with Crippen LogP contribution < -0.4 is 11.1 Å². The topological polar surface area (TPSA) is 38.0 Å². The third kappa shape index (κ3) is 3.53. The summed E-state index contributed by atoms with van der Waals surface area (Å²) >= 11 is 0. The molecule has 1 aromatic carbocycles. The van der Waals surface area contributed by atoms with Crippen LogP contribution in [0.2, 0.25) is 0 Å². The molecule has 0 atom stereocenters.